The zero-order valence-electron chi connectivity index (χ0n) is 5.29. The predicted octanol–water partition coefficient (Wildman–Crippen LogP) is -0.0858. The van der Waals surface area contributed by atoms with E-state index >= 15 is 0 Å². The third-order valence-electron chi connectivity index (χ3n) is 0.966. The smallest absolute Gasteiger partial charge is 0.361 e. The van der Waals surface area contributed by atoms with Gasteiger partial charge in [0.2, 0.25) is 5.75 Å². The van der Waals surface area contributed by atoms with Crippen LogP contribution < -0.4 is 12.2 Å². The summed E-state index contributed by atoms with van der Waals surface area (Å²) in [4.78, 5) is 0. The maximum absolute atomic E-state index is 10.1. The highest BCUT2D eigenvalue weighted by molar-refractivity contribution is 9.10. The Kier molecular flexibility index (Phi) is 3.32. The van der Waals surface area contributed by atoms with Crippen LogP contribution in [0.1, 0.15) is 0 Å². The standard InChI is InChI=1S/C6H4Br2O3/c7-5-1-3-6(4-2-5)11-8(9)10/h1-4H. The van der Waals surface area contributed by atoms with Crippen LogP contribution in [0, 0.1) is 14.8 Å². The van der Waals surface area contributed by atoms with Crippen molar-refractivity contribution in [1.82, 2.24) is 0 Å². The minimum atomic E-state index is -3.13. The summed E-state index contributed by atoms with van der Waals surface area (Å²) in [5.74, 6) is 0.341. The van der Waals surface area contributed by atoms with Gasteiger partial charge in [-0.2, -0.15) is 0 Å². The predicted molar refractivity (Wildman–Crippen MR) is 34.8 cm³/mol. The first-order chi connectivity index (χ1) is 5.18. The molecule has 0 aliphatic carbocycles. The average Bonchev–Trinajstić information content (AvgIpc) is 1.93. The van der Waals surface area contributed by atoms with E-state index in [1.54, 1.807) is 24.3 Å². The van der Waals surface area contributed by atoms with Gasteiger partial charge in [-0.1, -0.05) is 15.9 Å². The van der Waals surface area contributed by atoms with Crippen molar-refractivity contribution in [2.45, 2.75) is 0 Å². The van der Waals surface area contributed by atoms with Gasteiger partial charge in [0, 0.05) is 4.47 Å². The van der Waals surface area contributed by atoms with E-state index in [2.05, 4.69) is 19.8 Å². The molecule has 1 aromatic carbocycles. The van der Waals surface area contributed by atoms with Gasteiger partial charge in [-0.05, 0) is 24.3 Å². The Labute approximate surface area is 77.6 Å². The van der Waals surface area contributed by atoms with Crippen molar-refractivity contribution in [3.63, 3.8) is 0 Å². The molecule has 1 rings (SSSR count). The quantitative estimate of drug-likeness (QED) is 0.763. The second-order valence-electron chi connectivity index (χ2n) is 1.72. The first kappa shape index (κ1) is 8.99. The fraction of sp³-hybridized carbons (Fsp3) is 0. The lowest BCUT2D eigenvalue weighted by atomic mass is 10.3. The van der Waals surface area contributed by atoms with E-state index in [4.69, 9.17) is 0 Å². The highest BCUT2D eigenvalue weighted by Crippen LogP contribution is 2.16. The van der Waals surface area contributed by atoms with Gasteiger partial charge in [-0.25, -0.2) is 0 Å². The summed E-state index contributed by atoms with van der Waals surface area (Å²) in [6.45, 7) is 0. The Balaban J connectivity index is 2.66. The van der Waals surface area contributed by atoms with Crippen LogP contribution in [-0.4, -0.2) is 0 Å². The molecule has 11 heavy (non-hydrogen) atoms. The van der Waals surface area contributed by atoms with Gasteiger partial charge in [-0.15, -0.1) is 3.83 Å². The normalized spacial score (nSPS) is 10.2. The fourth-order valence-corrected chi connectivity index (χ4v) is 1.34. The van der Waals surface area contributed by atoms with Crippen LogP contribution in [0.15, 0.2) is 28.7 Å². The lowest BCUT2D eigenvalue weighted by Gasteiger charge is -1.93. The minimum absolute atomic E-state index is 0.341. The fourth-order valence-electron chi connectivity index (χ4n) is 0.559. The monoisotopic (exact) mass is 282 g/mol. The Bertz CT molecular complexity index is 222. The van der Waals surface area contributed by atoms with Gasteiger partial charge in [0.25, 0.3) is 0 Å². The molecule has 0 bridgehead atoms. The van der Waals surface area contributed by atoms with Gasteiger partial charge >= 0.3 is 14.8 Å². The topological polar surface area (TPSA) is 55.3 Å². The third-order valence-corrected chi connectivity index (χ3v) is 2.13. The first-order valence-electron chi connectivity index (χ1n) is 2.68. The lowest BCUT2D eigenvalue weighted by Crippen LogP contribution is -2.36. The molecule has 0 radical (unpaired) electrons. The third kappa shape index (κ3) is 3.20. The molecule has 5 heteroatoms. The van der Waals surface area contributed by atoms with E-state index in [0.29, 0.717) is 5.75 Å². The summed E-state index contributed by atoms with van der Waals surface area (Å²) in [6, 6.07) is 6.57. The second-order valence-corrected chi connectivity index (χ2v) is 3.75. The zero-order valence-corrected chi connectivity index (χ0v) is 8.46. The lowest BCUT2D eigenvalue weighted by molar-refractivity contribution is -1.62. The summed E-state index contributed by atoms with van der Waals surface area (Å²) < 4.78 is 25.5. The molecular formula is C6H4Br2O3. The highest BCUT2D eigenvalue weighted by Gasteiger charge is 2.11. The number of hydrogen-bond acceptors (Lipinski definition) is 3. The Hall–Kier alpha value is -0.100. The van der Waals surface area contributed by atoms with Crippen molar-refractivity contribution < 1.29 is 27.0 Å². The molecule has 0 spiro atoms. The molecule has 60 valence electrons. The van der Waals surface area contributed by atoms with E-state index in [-0.39, 0.29) is 0 Å². The molecule has 3 nitrogen and oxygen atoms in total. The molecule has 0 saturated carbocycles. The van der Waals surface area contributed by atoms with Crippen molar-refractivity contribution in [3.05, 3.63) is 28.7 Å². The molecular weight excluding hydrogens is 280 g/mol. The molecule has 0 N–H and O–H groups in total. The maximum atomic E-state index is 10.1. The molecule has 0 heterocycles. The van der Waals surface area contributed by atoms with Crippen LogP contribution in [0.25, 0.3) is 0 Å². The van der Waals surface area contributed by atoms with Crippen LogP contribution in [-0.2, 0) is 0 Å². The van der Waals surface area contributed by atoms with E-state index in [1.165, 1.54) is 0 Å². The summed E-state index contributed by atoms with van der Waals surface area (Å²) in [5, 5.41) is 0. The van der Waals surface area contributed by atoms with E-state index in [9.17, 15) is 8.40 Å². The average molecular weight is 284 g/mol. The Morgan fingerprint density at radius 3 is 2.18 bits per heavy atom. The van der Waals surface area contributed by atoms with E-state index < -0.39 is 14.8 Å². The minimum Gasteiger partial charge on any atom is -0.361 e. The summed E-state index contributed by atoms with van der Waals surface area (Å²) >= 11 is 0.0739. The summed E-state index contributed by atoms with van der Waals surface area (Å²) in [5.41, 5.74) is 0. The molecule has 0 atom stereocenters. The first-order valence-corrected chi connectivity index (χ1v) is 5.41. The maximum Gasteiger partial charge on any atom is 0.501 e. The summed E-state index contributed by atoms with van der Waals surface area (Å²) in [7, 11) is 0. The van der Waals surface area contributed by atoms with Gasteiger partial charge in [0.1, 0.15) is 0 Å². The molecule has 0 fully saturated rings. The molecule has 0 amide bonds. The van der Waals surface area contributed by atoms with Gasteiger partial charge in [0.05, 0.1) is 0 Å². The molecule has 0 aliphatic heterocycles. The molecule has 0 saturated heterocycles. The zero-order chi connectivity index (χ0) is 8.27. The molecule has 0 aliphatic rings. The van der Waals surface area contributed by atoms with Gasteiger partial charge in [-0.3, -0.25) is 0 Å². The van der Waals surface area contributed by atoms with Crippen LogP contribution >= 0.6 is 15.9 Å². The number of halogens is 2. The van der Waals surface area contributed by atoms with Crippen LogP contribution in [0.2, 0.25) is 0 Å². The van der Waals surface area contributed by atoms with Crippen LogP contribution in [0.3, 0.4) is 0 Å². The van der Waals surface area contributed by atoms with Crippen molar-refractivity contribution in [3.8, 4) is 5.75 Å². The van der Waals surface area contributed by atoms with E-state index in [0.717, 1.165) is 4.47 Å². The van der Waals surface area contributed by atoms with Crippen molar-refractivity contribution in [2.75, 3.05) is 0 Å². The Morgan fingerprint density at radius 2 is 1.73 bits per heavy atom. The van der Waals surface area contributed by atoms with Crippen LogP contribution in [0.4, 0.5) is 0 Å². The number of benzene rings is 1. The van der Waals surface area contributed by atoms with Crippen molar-refractivity contribution in [1.29, 1.82) is 0 Å². The Morgan fingerprint density at radius 1 is 1.18 bits per heavy atom. The number of hydrogen-bond donors (Lipinski definition) is 0. The highest BCUT2D eigenvalue weighted by atomic mass is 80.0. The molecule has 0 unspecified atom stereocenters. The van der Waals surface area contributed by atoms with Crippen molar-refractivity contribution in [2.24, 2.45) is 0 Å². The van der Waals surface area contributed by atoms with Crippen LogP contribution in [0.5, 0.6) is 5.75 Å². The SMILES string of the molecule is [O-][Br+2]([O-])Oc1ccc(Br)cc1. The molecule has 1 aromatic rings. The van der Waals surface area contributed by atoms with Gasteiger partial charge in [0.15, 0.2) is 0 Å². The largest absolute Gasteiger partial charge is 0.501 e. The van der Waals surface area contributed by atoms with Gasteiger partial charge < -0.3 is 8.40 Å². The molecule has 0 aromatic heterocycles. The number of rotatable bonds is 2. The summed E-state index contributed by atoms with van der Waals surface area (Å²) in [6.07, 6.45) is 0. The van der Waals surface area contributed by atoms with Crippen molar-refractivity contribution >= 4 is 15.9 Å². The van der Waals surface area contributed by atoms with E-state index in [1.807, 2.05) is 0 Å². The second kappa shape index (κ2) is 4.06.